The number of rotatable bonds is 9. The van der Waals surface area contributed by atoms with Crippen molar-refractivity contribution in [2.75, 3.05) is 9.80 Å². The van der Waals surface area contributed by atoms with Crippen molar-refractivity contribution in [3.8, 4) is 44.5 Å². The molecule has 0 amide bonds. The van der Waals surface area contributed by atoms with Gasteiger partial charge >= 0.3 is 0 Å². The second-order valence-electron chi connectivity index (χ2n) is 23.1. The van der Waals surface area contributed by atoms with E-state index in [0.717, 1.165) is 41.2 Å². The number of furan rings is 1. The van der Waals surface area contributed by atoms with Crippen LogP contribution in [-0.4, -0.2) is 6.71 Å². The molecule has 4 heteroatoms. The van der Waals surface area contributed by atoms with Gasteiger partial charge in [0.25, 0.3) is 6.71 Å². The average Bonchev–Trinajstić information content (AvgIpc) is 3.81. The second kappa shape index (κ2) is 18.5. The number of anilines is 6. The molecular weight excluding hydrogens is 920 g/mol. The molecule has 0 saturated heterocycles. The van der Waals surface area contributed by atoms with E-state index in [2.05, 4.69) is 277 Å². The monoisotopic (exact) mass is 983 g/mol. The minimum absolute atomic E-state index is 0.115. The normalized spacial score (nSPS) is 13.0. The predicted molar refractivity (Wildman–Crippen MR) is 325 cm³/mol. The van der Waals surface area contributed by atoms with E-state index in [4.69, 9.17) is 4.42 Å². The van der Waals surface area contributed by atoms with Gasteiger partial charge in [-0.2, -0.15) is 0 Å². The molecule has 370 valence electrons. The molecule has 10 aromatic carbocycles. The van der Waals surface area contributed by atoms with E-state index < -0.39 is 0 Å². The van der Waals surface area contributed by atoms with Crippen LogP contribution in [-0.2, 0) is 17.3 Å². The van der Waals surface area contributed by atoms with Crippen molar-refractivity contribution in [1.82, 2.24) is 0 Å². The van der Waals surface area contributed by atoms with Crippen molar-refractivity contribution in [3.63, 3.8) is 0 Å². The SMILES string of the molecule is CCCCc1cc2oc3ccccc3c2cc1N1c2ccc(-c3ccccc3)cc2B2c3cc(-c4ccccc4)ccc3N(c3c(-c4ccccc4)cc(C(C)(C)C)cc3-c3ccccc3)c3cc(C(C)(C)C)cc1c32. The summed E-state index contributed by atoms with van der Waals surface area (Å²) >= 11 is 0. The quantitative estimate of drug-likeness (QED) is 0.134. The molecule has 2 aliphatic rings. The Morgan fingerprint density at radius 3 is 1.39 bits per heavy atom. The zero-order valence-electron chi connectivity index (χ0n) is 44.8. The van der Waals surface area contributed by atoms with E-state index in [9.17, 15) is 0 Å². The lowest BCUT2D eigenvalue weighted by molar-refractivity contribution is 0.590. The Labute approximate surface area is 449 Å². The lowest BCUT2D eigenvalue weighted by atomic mass is 9.33. The molecule has 11 aromatic rings. The van der Waals surface area contributed by atoms with E-state index in [1.165, 1.54) is 112 Å². The van der Waals surface area contributed by atoms with E-state index in [1.54, 1.807) is 0 Å². The van der Waals surface area contributed by atoms with Crippen molar-refractivity contribution >= 4 is 79.2 Å². The van der Waals surface area contributed by atoms with Crippen LogP contribution in [0.5, 0.6) is 0 Å². The fourth-order valence-electron chi connectivity index (χ4n) is 12.1. The smallest absolute Gasteiger partial charge is 0.252 e. The summed E-state index contributed by atoms with van der Waals surface area (Å²) in [6.07, 6.45) is 3.07. The molecule has 0 bridgehead atoms. The van der Waals surface area contributed by atoms with Crippen molar-refractivity contribution in [2.45, 2.75) is 78.6 Å². The zero-order valence-corrected chi connectivity index (χ0v) is 44.8. The van der Waals surface area contributed by atoms with Gasteiger partial charge < -0.3 is 14.2 Å². The van der Waals surface area contributed by atoms with Crippen LogP contribution in [0.2, 0.25) is 0 Å². The van der Waals surface area contributed by atoms with Gasteiger partial charge in [-0.05, 0) is 145 Å². The summed E-state index contributed by atoms with van der Waals surface area (Å²) in [6, 6.07) is 82.1. The van der Waals surface area contributed by atoms with Crippen molar-refractivity contribution in [1.29, 1.82) is 0 Å². The average molecular weight is 983 g/mol. The minimum atomic E-state index is -0.205. The van der Waals surface area contributed by atoms with Gasteiger partial charge in [0.1, 0.15) is 11.2 Å². The van der Waals surface area contributed by atoms with Crippen molar-refractivity contribution in [2.24, 2.45) is 0 Å². The van der Waals surface area contributed by atoms with Crippen LogP contribution in [0.3, 0.4) is 0 Å². The molecule has 3 heterocycles. The second-order valence-corrected chi connectivity index (χ2v) is 23.1. The summed E-state index contributed by atoms with van der Waals surface area (Å²) in [7, 11) is 0. The van der Waals surface area contributed by atoms with Gasteiger partial charge in [0.15, 0.2) is 0 Å². The summed E-state index contributed by atoms with van der Waals surface area (Å²) in [5.41, 5.74) is 26.0. The van der Waals surface area contributed by atoms with E-state index in [-0.39, 0.29) is 17.5 Å². The summed E-state index contributed by atoms with van der Waals surface area (Å²) in [5.74, 6) is 0. The van der Waals surface area contributed by atoms with Crippen LogP contribution in [0.1, 0.15) is 78.0 Å². The lowest BCUT2D eigenvalue weighted by Crippen LogP contribution is -2.61. The molecule has 1 aromatic heterocycles. The largest absolute Gasteiger partial charge is 0.456 e. The zero-order chi connectivity index (χ0) is 51.9. The Bertz CT molecular complexity index is 3930. The fraction of sp³-hybridized carbons (Fsp3) is 0.167. The molecule has 0 aliphatic carbocycles. The molecule has 0 N–H and O–H groups in total. The van der Waals surface area contributed by atoms with Gasteiger partial charge in [-0.15, -0.1) is 0 Å². The van der Waals surface area contributed by atoms with Crippen LogP contribution in [0.4, 0.5) is 34.1 Å². The topological polar surface area (TPSA) is 19.6 Å². The third-order valence-corrected chi connectivity index (χ3v) is 16.1. The highest BCUT2D eigenvalue weighted by Crippen LogP contribution is 2.53. The highest BCUT2D eigenvalue weighted by molar-refractivity contribution is 7.00. The minimum Gasteiger partial charge on any atom is -0.456 e. The van der Waals surface area contributed by atoms with Gasteiger partial charge in [-0.25, -0.2) is 0 Å². The van der Waals surface area contributed by atoms with E-state index in [1.807, 2.05) is 0 Å². The van der Waals surface area contributed by atoms with Gasteiger partial charge in [0.05, 0.1) is 11.4 Å². The van der Waals surface area contributed by atoms with E-state index >= 15 is 0 Å². The van der Waals surface area contributed by atoms with Crippen LogP contribution < -0.4 is 26.2 Å². The maximum absolute atomic E-state index is 6.69. The van der Waals surface area contributed by atoms with Crippen LogP contribution in [0.25, 0.3) is 66.4 Å². The Morgan fingerprint density at radius 2 is 0.868 bits per heavy atom. The number of benzene rings is 10. The van der Waals surface area contributed by atoms with Crippen molar-refractivity contribution in [3.05, 3.63) is 235 Å². The summed E-state index contributed by atoms with van der Waals surface area (Å²) in [4.78, 5) is 5.34. The van der Waals surface area contributed by atoms with Gasteiger partial charge in [-0.3, -0.25) is 0 Å². The van der Waals surface area contributed by atoms with Crippen LogP contribution in [0.15, 0.2) is 223 Å². The van der Waals surface area contributed by atoms with E-state index in [0.29, 0.717) is 0 Å². The molecular formula is C72H63BN2O. The number of nitrogens with zero attached hydrogens (tertiary/aromatic N) is 2. The Balaban J connectivity index is 1.21. The number of hydrogen-bond donors (Lipinski definition) is 0. The van der Waals surface area contributed by atoms with Gasteiger partial charge in [0.2, 0.25) is 0 Å². The third-order valence-electron chi connectivity index (χ3n) is 16.1. The molecule has 0 spiro atoms. The first kappa shape index (κ1) is 47.4. The summed E-state index contributed by atoms with van der Waals surface area (Å²) < 4.78 is 6.69. The van der Waals surface area contributed by atoms with Crippen molar-refractivity contribution < 1.29 is 4.42 Å². The molecule has 2 aliphatic heterocycles. The fourth-order valence-corrected chi connectivity index (χ4v) is 12.1. The highest BCUT2D eigenvalue weighted by atomic mass is 16.3. The molecule has 13 rings (SSSR count). The van der Waals surface area contributed by atoms with Crippen LogP contribution in [0, 0.1) is 0 Å². The number of hydrogen-bond acceptors (Lipinski definition) is 3. The Kier molecular flexibility index (Phi) is 11.5. The first-order valence-electron chi connectivity index (χ1n) is 27.3. The molecule has 0 saturated carbocycles. The molecule has 0 unspecified atom stereocenters. The molecule has 76 heavy (non-hydrogen) atoms. The van der Waals surface area contributed by atoms with Crippen LogP contribution >= 0.6 is 0 Å². The lowest BCUT2D eigenvalue weighted by Gasteiger charge is -2.46. The first-order chi connectivity index (χ1) is 36.9. The third kappa shape index (κ3) is 8.05. The maximum Gasteiger partial charge on any atom is 0.252 e. The Hall–Kier alpha value is -8.34. The Morgan fingerprint density at radius 1 is 0.395 bits per heavy atom. The predicted octanol–water partition coefficient (Wildman–Crippen LogP) is 18.3. The summed E-state index contributed by atoms with van der Waals surface area (Å²) in [6.45, 7) is 16.3. The van der Waals surface area contributed by atoms with Gasteiger partial charge in [-0.1, -0.05) is 219 Å². The number of fused-ring (bicyclic) bond motifs is 7. The first-order valence-corrected chi connectivity index (χ1v) is 27.3. The standard InChI is InChI=1S/C72H63BN2O/c1-8-9-24-53-41-68-59(56-33-22-23-34-67(56)76-68)46-64(53)74-62-37-35-51(47-25-14-10-15-26-47)39-60(62)73-61-40-52(48-27-16-11-17-28-48)36-38-63(61)75(66-45-55(72(5,6)7)44-65(74)69(66)73)70-57(49-29-18-12-19-30-49)42-54(71(2,3)4)43-58(70)50-31-20-13-21-32-50/h10-23,25-46H,8-9,24H2,1-7H3. The molecule has 0 fully saturated rings. The number of para-hydroxylation sites is 1. The molecule has 0 atom stereocenters. The highest BCUT2D eigenvalue weighted by Gasteiger charge is 2.46. The molecule has 0 radical (unpaired) electrons. The maximum atomic E-state index is 6.69. The molecule has 3 nitrogen and oxygen atoms in total. The number of unbranched alkanes of at least 4 members (excludes halogenated alkanes) is 1. The number of aryl methyl sites for hydroxylation is 1. The summed E-state index contributed by atoms with van der Waals surface area (Å²) in [5, 5.41) is 2.27. The van der Waals surface area contributed by atoms with Gasteiger partial charge in [0, 0.05) is 44.6 Å².